The maximum absolute atomic E-state index is 13.9. The highest BCUT2D eigenvalue weighted by Gasteiger charge is 2.42. The van der Waals surface area contributed by atoms with Crippen molar-refractivity contribution in [1.82, 2.24) is 5.32 Å². The zero-order valence-corrected chi connectivity index (χ0v) is 25.2. The van der Waals surface area contributed by atoms with Crippen LogP contribution in [0, 0.1) is 5.92 Å². The van der Waals surface area contributed by atoms with E-state index in [4.69, 9.17) is 9.47 Å². The molecule has 2 atom stereocenters. The van der Waals surface area contributed by atoms with Gasteiger partial charge in [-0.25, -0.2) is 0 Å². The fourth-order valence-corrected chi connectivity index (χ4v) is 4.99. The van der Waals surface area contributed by atoms with E-state index in [2.05, 4.69) is 5.32 Å². The van der Waals surface area contributed by atoms with Crippen LogP contribution in [0.5, 0.6) is 0 Å². The lowest BCUT2D eigenvalue weighted by atomic mass is 9.76. The average molecular weight is 562 g/mol. The van der Waals surface area contributed by atoms with Crippen molar-refractivity contribution in [2.24, 2.45) is 5.92 Å². The number of carbonyl (C=O) groups is 2. The van der Waals surface area contributed by atoms with Crippen molar-refractivity contribution >= 4 is 11.9 Å². The summed E-state index contributed by atoms with van der Waals surface area (Å²) in [6.45, 7) is 10.3. The molecule has 0 saturated carbocycles. The third-order valence-corrected chi connectivity index (χ3v) is 6.65. The second kappa shape index (κ2) is 13.9. The quantitative estimate of drug-likeness (QED) is 0.185. The van der Waals surface area contributed by atoms with Crippen LogP contribution in [0.4, 0.5) is 4.39 Å². The number of nitrogens with one attached hydrogen (secondary N) is 1. The molecule has 3 aromatic carbocycles. The molecule has 0 aliphatic heterocycles. The molecule has 220 valence electrons. The Kier molecular flexibility index (Phi) is 10.9. The van der Waals surface area contributed by atoms with Gasteiger partial charge in [-0.05, 0) is 77.5 Å². The number of benzene rings is 3. The Morgan fingerprint density at radius 1 is 0.683 bits per heavy atom. The van der Waals surface area contributed by atoms with Crippen LogP contribution in [0.1, 0.15) is 77.5 Å². The minimum atomic E-state index is -0.968. The largest absolute Gasteiger partial charge is 0.460 e. The fraction of sp³-hybridized carbons (Fsp3) is 0.429. The van der Waals surface area contributed by atoms with Crippen molar-refractivity contribution in [2.75, 3.05) is 6.67 Å². The number of esters is 2. The second-order valence-electron chi connectivity index (χ2n) is 12.4. The summed E-state index contributed by atoms with van der Waals surface area (Å²) in [5.74, 6) is -1.65. The van der Waals surface area contributed by atoms with Crippen LogP contribution in [0.3, 0.4) is 0 Å². The first-order chi connectivity index (χ1) is 19.4. The Balaban J connectivity index is 2.20. The van der Waals surface area contributed by atoms with E-state index in [0.717, 1.165) is 16.7 Å². The van der Waals surface area contributed by atoms with Gasteiger partial charge in [-0.2, -0.15) is 0 Å². The number of hydrogen-bond donors (Lipinski definition) is 1. The Labute approximate surface area is 244 Å². The molecule has 0 aliphatic carbocycles. The van der Waals surface area contributed by atoms with E-state index in [1.165, 1.54) is 0 Å². The van der Waals surface area contributed by atoms with Gasteiger partial charge < -0.3 is 9.47 Å². The predicted molar refractivity (Wildman–Crippen MR) is 161 cm³/mol. The maximum atomic E-state index is 13.9. The third-order valence-electron chi connectivity index (χ3n) is 6.65. The van der Waals surface area contributed by atoms with Crippen molar-refractivity contribution in [2.45, 2.75) is 83.6 Å². The van der Waals surface area contributed by atoms with Gasteiger partial charge in [0.05, 0.1) is 18.1 Å². The lowest BCUT2D eigenvalue weighted by Gasteiger charge is -2.40. The first-order valence-corrected chi connectivity index (χ1v) is 14.3. The molecule has 5 nitrogen and oxygen atoms in total. The van der Waals surface area contributed by atoms with Crippen molar-refractivity contribution < 1.29 is 23.5 Å². The lowest BCUT2D eigenvalue weighted by Crippen LogP contribution is -2.54. The molecule has 0 bridgehead atoms. The van der Waals surface area contributed by atoms with E-state index < -0.39 is 47.3 Å². The number of hydrogen-bond acceptors (Lipinski definition) is 5. The van der Waals surface area contributed by atoms with Gasteiger partial charge in [0.15, 0.2) is 0 Å². The highest BCUT2D eigenvalue weighted by molar-refractivity contribution is 5.79. The summed E-state index contributed by atoms with van der Waals surface area (Å²) in [6.07, 6.45) is 0.519. The monoisotopic (exact) mass is 561 g/mol. The van der Waals surface area contributed by atoms with Crippen molar-refractivity contribution in [3.63, 3.8) is 0 Å². The summed E-state index contributed by atoms with van der Waals surface area (Å²) in [4.78, 5) is 27.3. The van der Waals surface area contributed by atoms with E-state index in [9.17, 15) is 14.0 Å². The minimum Gasteiger partial charge on any atom is -0.460 e. The molecule has 0 fully saturated rings. The van der Waals surface area contributed by atoms with Crippen LogP contribution in [0.15, 0.2) is 91.0 Å². The first kappa shape index (κ1) is 32.0. The molecule has 3 rings (SSSR count). The van der Waals surface area contributed by atoms with Gasteiger partial charge in [-0.15, -0.1) is 0 Å². The van der Waals surface area contributed by atoms with Crippen molar-refractivity contribution in [3.05, 3.63) is 108 Å². The van der Waals surface area contributed by atoms with Crippen molar-refractivity contribution in [3.8, 4) is 0 Å². The van der Waals surface area contributed by atoms with Crippen molar-refractivity contribution in [1.29, 1.82) is 0 Å². The molecular formula is C35H44FNO4. The van der Waals surface area contributed by atoms with E-state index in [1.807, 2.05) is 112 Å². The molecular weight excluding hydrogens is 517 g/mol. The minimum absolute atomic E-state index is 0.0814. The van der Waals surface area contributed by atoms with E-state index in [0.29, 0.717) is 0 Å². The van der Waals surface area contributed by atoms with Gasteiger partial charge in [0.2, 0.25) is 0 Å². The fourth-order valence-electron chi connectivity index (χ4n) is 4.99. The summed E-state index contributed by atoms with van der Waals surface area (Å²) >= 11 is 0. The molecule has 0 aromatic heterocycles. The zero-order valence-electron chi connectivity index (χ0n) is 25.2. The van der Waals surface area contributed by atoms with E-state index in [-0.39, 0.29) is 19.3 Å². The predicted octanol–water partition coefficient (Wildman–Crippen LogP) is 7.38. The Hall–Kier alpha value is -3.51. The molecule has 0 amide bonds. The Bertz CT molecular complexity index is 1140. The van der Waals surface area contributed by atoms with Gasteiger partial charge in [0, 0.05) is 0 Å². The summed E-state index contributed by atoms with van der Waals surface area (Å²) in [6, 6.07) is 28.8. The van der Waals surface area contributed by atoms with Crippen LogP contribution in [-0.4, -0.2) is 35.9 Å². The highest BCUT2D eigenvalue weighted by Crippen LogP contribution is 2.38. The number of halogens is 1. The highest BCUT2D eigenvalue weighted by atomic mass is 19.1. The molecule has 0 radical (unpaired) electrons. The van der Waals surface area contributed by atoms with Crippen LogP contribution in [-0.2, 0) is 24.6 Å². The molecule has 3 aromatic rings. The normalized spacial score (nSPS) is 13.7. The van der Waals surface area contributed by atoms with Crippen LogP contribution < -0.4 is 5.32 Å². The summed E-state index contributed by atoms with van der Waals surface area (Å²) in [7, 11) is 0. The van der Waals surface area contributed by atoms with Gasteiger partial charge in [0.1, 0.15) is 17.2 Å². The standard InChI is InChI=1S/C35H44FNO4/c1-33(2,3)40-31(38)26(17-16-24-36)25-30(32(39)41-34(4,5)6)37-35(27-18-10-7-11-19-27,28-20-12-8-13-21-28)29-22-14-9-15-23-29/h7-15,18-23,26,30,37H,16-17,24-25H2,1-6H3/t26-,30-/m0/s1/i36+0. The maximum Gasteiger partial charge on any atom is 0.323 e. The number of carbonyl (C=O) groups excluding carboxylic acids is 2. The average Bonchev–Trinajstić information content (AvgIpc) is 2.92. The molecule has 0 spiro atoms. The summed E-state index contributed by atoms with van der Waals surface area (Å²) in [5.41, 5.74) is 0.313. The second-order valence-corrected chi connectivity index (χ2v) is 12.4. The van der Waals surface area contributed by atoms with E-state index >= 15 is 0 Å². The molecule has 0 aliphatic rings. The Morgan fingerprint density at radius 2 is 1.07 bits per heavy atom. The Morgan fingerprint density at radius 3 is 1.44 bits per heavy atom. The van der Waals surface area contributed by atoms with Gasteiger partial charge >= 0.3 is 11.9 Å². The first-order valence-electron chi connectivity index (χ1n) is 14.3. The SMILES string of the molecule is CC(C)(C)OC(=O)[C@@H](CCC[19F])C[C@H](NC(c1ccccc1)(c1ccccc1)c1ccccc1)C(=O)OC(C)(C)C. The third kappa shape index (κ3) is 8.99. The number of ether oxygens (including phenoxy) is 2. The van der Waals surface area contributed by atoms with Crippen LogP contribution >= 0.6 is 0 Å². The number of alkyl halides is 1. The molecule has 6 heteroatoms. The molecule has 41 heavy (non-hydrogen) atoms. The number of rotatable bonds is 12. The van der Waals surface area contributed by atoms with Gasteiger partial charge in [-0.1, -0.05) is 91.0 Å². The van der Waals surface area contributed by atoms with Gasteiger partial charge in [-0.3, -0.25) is 19.3 Å². The van der Waals surface area contributed by atoms with Crippen LogP contribution in [0.2, 0.25) is 0 Å². The molecule has 1 N–H and O–H groups in total. The lowest BCUT2D eigenvalue weighted by molar-refractivity contribution is -0.163. The summed E-state index contributed by atoms with van der Waals surface area (Å²) in [5, 5.41) is 3.69. The molecule has 0 unspecified atom stereocenters. The summed E-state index contributed by atoms with van der Waals surface area (Å²) < 4.78 is 25.0. The van der Waals surface area contributed by atoms with Crippen LogP contribution in [0.25, 0.3) is 0 Å². The topological polar surface area (TPSA) is 64.6 Å². The van der Waals surface area contributed by atoms with E-state index in [1.54, 1.807) is 20.8 Å². The zero-order chi connectivity index (χ0) is 30.1. The molecule has 0 heterocycles. The molecule has 0 saturated heterocycles. The smallest absolute Gasteiger partial charge is 0.323 e. The van der Waals surface area contributed by atoms with Gasteiger partial charge in [0.25, 0.3) is 0 Å².